The molecule has 0 bridgehead atoms. The smallest absolute Gasteiger partial charge is 0.0297 e. The van der Waals surface area contributed by atoms with Crippen LogP contribution >= 0.6 is 0 Å². The van der Waals surface area contributed by atoms with E-state index in [4.69, 9.17) is 0 Å². The minimum atomic E-state index is 0.961. The Morgan fingerprint density at radius 1 is 0.762 bits per heavy atom. The molecule has 0 radical (unpaired) electrons. The van der Waals surface area contributed by atoms with Crippen LogP contribution in [0, 0.1) is 23.7 Å². The maximum atomic E-state index is 4.08. The molecule has 0 aromatic heterocycles. The molecule has 0 aromatic rings. The minimum Gasteiger partial charge on any atom is -0.100 e. The van der Waals surface area contributed by atoms with Gasteiger partial charge in [-0.2, -0.15) is 0 Å². The second-order valence-electron chi connectivity index (χ2n) is 8.46. The lowest BCUT2D eigenvalue weighted by molar-refractivity contribution is 0.246. The van der Waals surface area contributed by atoms with Crippen LogP contribution in [0.15, 0.2) is 12.2 Å². The van der Waals surface area contributed by atoms with E-state index in [-0.39, 0.29) is 0 Å². The number of hydrogen-bond donors (Lipinski definition) is 0. The van der Waals surface area contributed by atoms with Crippen molar-refractivity contribution in [2.75, 3.05) is 0 Å². The Balaban J connectivity index is 1.49. The Bertz CT molecular complexity index is 287. The van der Waals surface area contributed by atoms with Crippen molar-refractivity contribution in [2.24, 2.45) is 23.7 Å². The lowest BCUT2D eigenvalue weighted by Crippen LogP contribution is -2.15. The first-order chi connectivity index (χ1) is 10.1. The van der Waals surface area contributed by atoms with Crippen molar-refractivity contribution >= 4 is 0 Å². The molecular weight excluding hydrogens is 252 g/mol. The highest BCUT2D eigenvalue weighted by Crippen LogP contribution is 2.36. The van der Waals surface area contributed by atoms with Gasteiger partial charge in [-0.15, -0.1) is 6.58 Å². The van der Waals surface area contributed by atoms with Gasteiger partial charge >= 0.3 is 0 Å². The first-order valence-corrected chi connectivity index (χ1v) is 9.78. The average molecular weight is 291 g/mol. The molecule has 0 heteroatoms. The molecule has 2 saturated carbocycles. The summed E-state index contributed by atoms with van der Waals surface area (Å²) in [5.74, 6) is 4.10. The number of rotatable bonds is 7. The van der Waals surface area contributed by atoms with Gasteiger partial charge in [0.05, 0.1) is 0 Å². The fraction of sp³-hybridized carbons (Fsp3) is 0.905. The molecule has 2 aliphatic carbocycles. The highest BCUT2D eigenvalue weighted by atomic mass is 14.3. The zero-order valence-electron chi connectivity index (χ0n) is 14.7. The van der Waals surface area contributed by atoms with E-state index >= 15 is 0 Å². The van der Waals surface area contributed by atoms with Crippen molar-refractivity contribution in [1.82, 2.24) is 0 Å². The zero-order valence-corrected chi connectivity index (χ0v) is 14.7. The molecule has 0 N–H and O–H groups in total. The van der Waals surface area contributed by atoms with Gasteiger partial charge in [0.1, 0.15) is 0 Å². The first-order valence-electron chi connectivity index (χ1n) is 9.78. The fourth-order valence-electron chi connectivity index (χ4n) is 4.70. The molecule has 0 unspecified atom stereocenters. The van der Waals surface area contributed by atoms with Gasteiger partial charge in [-0.25, -0.2) is 0 Å². The largest absolute Gasteiger partial charge is 0.100 e. The summed E-state index contributed by atoms with van der Waals surface area (Å²) in [6.07, 6.45) is 19.3. The molecule has 0 spiro atoms. The van der Waals surface area contributed by atoms with Crippen molar-refractivity contribution in [3.05, 3.63) is 12.2 Å². The van der Waals surface area contributed by atoms with Crippen molar-refractivity contribution in [3.63, 3.8) is 0 Å². The molecule has 122 valence electrons. The van der Waals surface area contributed by atoms with Gasteiger partial charge in [0, 0.05) is 0 Å². The topological polar surface area (TPSA) is 0 Å². The Morgan fingerprint density at radius 2 is 1.19 bits per heavy atom. The van der Waals surface area contributed by atoms with Gasteiger partial charge in [-0.1, -0.05) is 76.7 Å². The normalized spacial score (nSPS) is 33.8. The van der Waals surface area contributed by atoms with Crippen LogP contribution in [-0.2, 0) is 0 Å². The standard InChI is InChI=1S/C21H38/c1-17(2)16-21-14-12-20(13-15-21)7-5-4-6-19-10-8-18(3)9-11-19/h18-21H,1,4-16H2,2-3H3. The van der Waals surface area contributed by atoms with E-state index in [1.54, 1.807) is 0 Å². The van der Waals surface area contributed by atoms with Crippen molar-refractivity contribution in [3.8, 4) is 0 Å². The minimum absolute atomic E-state index is 0.961. The lowest BCUT2D eigenvalue weighted by Gasteiger charge is -2.29. The molecule has 0 heterocycles. The Kier molecular flexibility index (Phi) is 7.34. The summed E-state index contributed by atoms with van der Waals surface area (Å²) in [4.78, 5) is 0. The number of unbranched alkanes of at least 4 members (excludes halogenated alkanes) is 1. The summed E-state index contributed by atoms with van der Waals surface area (Å²) in [5.41, 5.74) is 1.39. The van der Waals surface area contributed by atoms with Gasteiger partial charge in [-0.05, 0) is 49.9 Å². The molecule has 0 atom stereocenters. The highest BCUT2D eigenvalue weighted by Gasteiger charge is 2.21. The monoisotopic (exact) mass is 290 g/mol. The van der Waals surface area contributed by atoms with Crippen LogP contribution in [0.5, 0.6) is 0 Å². The second kappa shape index (κ2) is 9.01. The average Bonchev–Trinajstić information content (AvgIpc) is 2.46. The Labute approximate surface area is 133 Å². The maximum absolute atomic E-state index is 4.08. The summed E-state index contributed by atoms with van der Waals surface area (Å²) in [6.45, 7) is 8.70. The molecular formula is C21H38. The predicted molar refractivity (Wildman–Crippen MR) is 94.5 cm³/mol. The van der Waals surface area contributed by atoms with E-state index in [0.717, 1.165) is 23.7 Å². The molecule has 0 saturated heterocycles. The summed E-state index contributed by atoms with van der Waals surface area (Å²) in [5, 5.41) is 0. The van der Waals surface area contributed by atoms with E-state index in [9.17, 15) is 0 Å². The van der Waals surface area contributed by atoms with E-state index in [1.165, 1.54) is 89.0 Å². The Morgan fingerprint density at radius 3 is 1.67 bits per heavy atom. The van der Waals surface area contributed by atoms with Gasteiger partial charge < -0.3 is 0 Å². The number of hydrogen-bond acceptors (Lipinski definition) is 0. The van der Waals surface area contributed by atoms with Crippen molar-refractivity contribution in [1.29, 1.82) is 0 Å². The summed E-state index contributed by atoms with van der Waals surface area (Å²) < 4.78 is 0. The lowest BCUT2D eigenvalue weighted by atomic mass is 9.77. The van der Waals surface area contributed by atoms with Gasteiger partial charge in [0.2, 0.25) is 0 Å². The molecule has 0 aromatic carbocycles. The molecule has 21 heavy (non-hydrogen) atoms. The van der Waals surface area contributed by atoms with Crippen molar-refractivity contribution < 1.29 is 0 Å². The third-order valence-corrected chi connectivity index (χ3v) is 6.21. The summed E-state index contributed by atoms with van der Waals surface area (Å²) in [6, 6.07) is 0. The quantitative estimate of drug-likeness (QED) is 0.345. The third-order valence-electron chi connectivity index (χ3n) is 6.21. The van der Waals surface area contributed by atoms with E-state index < -0.39 is 0 Å². The van der Waals surface area contributed by atoms with Crippen LogP contribution in [0.3, 0.4) is 0 Å². The van der Waals surface area contributed by atoms with Gasteiger partial charge in [0.25, 0.3) is 0 Å². The molecule has 0 amide bonds. The third kappa shape index (κ3) is 6.57. The molecule has 2 rings (SSSR count). The fourth-order valence-corrected chi connectivity index (χ4v) is 4.70. The van der Waals surface area contributed by atoms with Gasteiger partial charge in [0.15, 0.2) is 0 Å². The second-order valence-corrected chi connectivity index (χ2v) is 8.46. The van der Waals surface area contributed by atoms with E-state index in [1.807, 2.05) is 0 Å². The predicted octanol–water partition coefficient (Wildman–Crippen LogP) is 7.15. The summed E-state index contributed by atoms with van der Waals surface area (Å²) >= 11 is 0. The van der Waals surface area contributed by atoms with Crippen LogP contribution in [0.25, 0.3) is 0 Å². The Hall–Kier alpha value is -0.260. The van der Waals surface area contributed by atoms with Crippen LogP contribution in [-0.4, -0.2) is 0 Å². The van der Waals surface area contributed by atoms with Crippen LogP contribution in [0.4, 0.5) is 0 Å². The first kappa shape index (κ1) is 17.1. The maximum Gasteiger partial charge on any atom is -0.0297 e. The van der Waals surface area contributed by atoms with Crippen molar-refractivity contribution in [2.45, 2.75) is 97.3 Å². The molecule has 2 fully saturated rings. The van der Waals surface area contributed by atoms with Crippen LogP contribution in [0.1, 0.15) is 97.3 Å². The van der Waals surface area contributed by atoms with E-state index in [0.29, 0.717) is 0 Å². The SMILES string of the molecule is C=C(C)CC1CCC(CCCCC2CCC(C)CC2)CC1. The summed E-state index contributed by atoms with van der Waals surface area (Å²) in [7, 11) is 0. The molecule has 0 aliphatic heterocycles. The molecule has 0 nitrogen and oxygen atoms in total. The van der Waals surface area contributed by atoms with E-state index in [2.05, 4.69) is 20.4 Å². The van der Waals surface area contributed by atoms with Gasteiger partial charge in [-0.3, -0.25) is 0 Å². The zero-order chi connectivity index (χ0) is 15.1. The highest BCUT2D eigenvalue weighted by molar-refractivity contribution is 4.91. The molecule has 2 aliphatic rings. The number of allylic oxidation sites excluding steroid dienone is 1. The van der Waals surface area contributed by atoms with Crippen LogP contribution in [0.2, 0.25) is 0 Å². The van der Waals surface area contributed by atoms with Crippen LogP contribution < -0.4 is 0 Å².